The molecule has 66 valence electrons. The van der Waals surface area contributed by atoms with Gasteiger partial charge in [0, 0.05) is 0 Å². The SMILES string of the molecule is CCB1OC(=O)CC(C(=O)O)O1. The van der Waals surface area contributed by atoms with Crippen LogP contribution in [0.15, 0.2) is 0 Å². The largest absolute Gasteiger partial charge is 0.527 e. The Kier molecular flexibility index (Phi) is 2.70. The third-order valence-corrected chi connectivity index (χ3v) is 1.54. The molecule has 1 fully saturated rings. The Bertz CT molecular complexity index is 204. The quantitative estimate of drug-likeness (QED) is 0.589. The van der Waals surface area contributed by atoms with E-state index in [1.54, 1.807) is 6.92 Å². The molecule has 1 atom stereocenters. The summed E-state index contributed by atoms with van der Waals surface area (Å²) in [6, 6.07) is 0. The molecule has 12 heavy (non-hydrogen) atoms. The lowest BCUT2D eigenvalue weighted by Gasteiger charge is -2.23. The predicted molar refractivity (Wildman–Crippen MR) is 39.5 cm³/mol. The lowest BCUT2D eigenvalue weighted by Crippen LogP contribution is -2.42. The van der Waals surface area contributed by atoms with Crippen LogP contribution < -0.4 is 0 Å². The van der Waals surface area contributed by atoms with Gasteiger partial charge in [-0.1, -0.05) is 6.92 Å². The minimum absolute atomic E-state index is 0.203. The summed E-state index contributed by atoms with van der Waals surface area (Å²) in [7, 11) is -0.702. The molecule has 0 spiro atoms. The second-order valence-electron chi connectivity index (χ2n) is 2.49. The van der Waals surface area contributed by atoms with Gasteiger partial charge in [0.1, 0.15) is 0 Å². The van der Waals surface area contributed by atoms with Crippen molar-refractivity contribution in [1.82, 2.24) is 0 Å². The first kappa shape index (κ1) is 9.06. The lowest BCUT2D eigenvalue weighted by molar-refractivity contribution is -0.157. The van der Waals surface area contributed by atoms with Crippen LogP contribution in [0.25, 0.3) is 0 Å². The van der Waals surface area contributed by atoms with Crippen molar-refractivity contribution in [1.29, 1.82) is 0 Å². The molecule has 5 nitrogen and oxygen atoms in total. The molecule has 6 heteroatoms. The Morgan fingerprint density at radius 3 is 3.00 bits per heavy atom. The van der Waals surface area contributed by atoms with Crippen LogP contribution in [-0.2, 0) is 18.9 Å². The third-order valence-electron chi connectivity index (χ3n) is 1.54. The highest BCUT2D eigenvalue weighted by molar-refractivity contribution is 6.47. The first-order valence-corrected chi connectivity index (χ1v) is 3.71. The molecule has 0 radical (unpaired) electrons. The van der Waals surface area contributed by atoms with E-state index in [4.69, 9.17) is 14.4 Å². The summed E-state index contributed by atoms with van der Waals surface area (Å²) in [4.78, 5) is 21.2. The van der Waals surface area contributed by atoms with Crippen LogP contribution in [0.1, 0.15) is 13.3 Å². The monoisotopic (exact) mass is 172 g/mol. The number of hydrogen-bond acceptors (Lipinski definition) is 4. The molecule has 0 aliphatic carbocycles. The molecule has 0 aromatic heterocycles. The van der Waals surface area contributed by atoms with E-state index < -0.39 is 25.2 Å². The zero-order valence-corrected chi connectivity index (χ0v) is 6.65. The molecular formula is C6H9BO5. The molecule has 0 aromatic carbocycles. The molecule has 1 aliphatic rings. The van der Waals surface area contributed by atoms with Gasteiger partial charge in [-0.3, -0.25) is 4.79 Å². The molecule has 1 rings (SSSR count). The van der Waals surface area contributed by atoms with E-state index in [1.165, 1.54) is 0 Å². The number of carbonyl (C=O) groups is 2. The van der Waals surface area contributed by atoms with Crippen molar-refractivity contribution in [3.63, 3.8) is 0 Å². The second kappa shape index (κ2) is 3.58. The molecule has 1 heterocycles. The van der Waals surface area contributed by atoms with Gasteiger partial charge < -0.3 is 14.4 Å². The first-order chi connectivity index (χ1) is 5.63. The maximum atomic E-state index is 10.8. The van der Waals surface area contributed by atoms with E-state index in [9.17, 15) is 9.59 Å². The van der Waals surface area contributed by atoms with Crippen LogP contribution in [0.4, 0.5) is 0 Å². The summed E-state index contributed by atoms with van der Waals surface area (Å²) in [6.45, 7) is 1.75. The average molecular weight is 172 g/mol. The van der Waals surface area contributed by atoms with E-state index in [2.05, 4.69) is 0 Å². The summed E-state index contributed by atoms with van der Waals surface area (Å²) >= 11 is 0. The summed E-state index contributed by atoms with van der Waals surface area (Å²) in [5.41, 5.74) is 0. The molecular weight excluding hydrogens is 163 g/mol. The maximum absolute atomic E-state index is 10.8. The molecule has 0 saturated carbocycles. The van der Waals surface area contributed by atoms with Crippen molar-refractivity contribution in [2.75, 3.05) is 0 Å². The van der Waals surface area contributed by atoms with Gasteiger partial charge >= 0.3 is 13.1 Å². The summed E-state index contributed by atoms with van der Waals surface area (Å²) in [5.74, 6) is -1.63. The molecule has 0 amide bonds. The van der Waals surface area contributed by atoms with Gasteiger partial charge in [0.15, 0.2) is 6.10 Å². The third kappa shape index (κ3) is 1.98. The number of carboxylic acids is 1. The molecule has 1 unspecified atom stereocenters. The smallest absolute Gasteiger partial charge is 0.509 e. The molecule has 0 bridgehead atoms. The minimum atomic E-state index is -1.12. The molecule has 1 N–H and O–H groups in total. The Balaban J connectivity index is 2.56. The summed E-state index contributed by atoms with van der Waals surface area (Å²) in [5, 5.41) is 8.54. The van der Waals surface area contributed by atoms with Crippen molar-refractivity contribution in [3.05, 3.63) is 0 Å². The van der Waals surface area contributed by atoms with Crippen molar-refractivity contribution in [2.45, 2.75) is 25.8 Å². The van der Waals surface area contributed by atoms with Gasteiger partial charge in [-0.15, -0.1) is 0 Å². The highest BCUT2D eigenvalue weighted by Gasteiger charge is 2.36. The highest BCUT2D eigenvalue weighted by atomic mass is 16.6. The van der Waals surface area contributed by atoms with Gasteiger partial charge in [0.25, 0.3) is 5.97 Å². The van der Waals surface area contributed by atoms with E-state index >= 15 is 0 Å². The van der Waals surface area contributed by atoms with Crippen LogP contribution in [-0.4, -0.2) is 30.3 Å². The molecule has 0 aromatic rings. The standard InChI is InChI=1S/C6H9BO5/c1-2-7-11-4(6(9)10)3-5(8)12-7/h4H,2-3H2,1H3,(H,9,10). The number of carboxylic acid groups (broad SMARTS) is 1. The van der Waals surface area contributed by atoms with Crippen LogP contribution in [0.3, 0.4) is 0 Å². The van der Waals surface area contributed by atoms with Crippen LogP contribution in [0.5, 0.6) is 0 Å². The van der Waals surface area contributed by atoms with Crippen molar-refractivity contribution in [2.24, 2.45) is 0 Å². The Morgan fingerprint density at radius 2 is 2.50 bits per heavy atom. The van der Waals surface area contributed by atoms with Crippen molar-refractivity contribution >= 4 is 19.1 Å². The normalized spacial score (nSPS) is 23.6. The fourth-order valence-electron chi connectivity index (χ4n) is 0.930. The van der Waals surface area contributed by atoms with E-state index in [1.807, 2.05) is 0 Å². The zero-order chi connectivity index (χ0) is 9.14. The fourth-order valence-corrected chi connectivity index (χ4v) is 0.930. The summed E-state index contributed by atoms with van der Waals surface area (Å²) < 4.78 is 9.62. The number of hydrogen-bond donors (Lipinski definition) is 1. The van der Waals surface area contributed by atoms with Gasteiger partial charge in [-0.25, -0.2) is 4.79 Å². The van der Waals surface area contributed by atoms with Crippen LogP contribution >= 0.6 is 0 Å². The van der Waals surface area contributed by atoms with Gasteiger partial charge in [0.2, 0.25) is 0 Å². The van der Waals surface area contributed by atoms with Crippen molar-refractivity contribution < 1.29 is 24.0 Å². The Morgan fingerprint density at radius 1 is 1.83 bits per heavy atom. The lowest BCUT2D eigenvalue weighted by atomic mass is 9.84. The summed E-state index contributed by atoms with van der Waals surface area (Å²) in [6.07, 6.45) is -0.780. The van der Waals surface area contributed by atoms with E-state index in [-0.39, 0.29) is 6.42 Å². The molecule has 1 saturated heterocycles. The van der Waals surface area contributed by atoms with Gasteiger partial charge in [0.05, 0.1) is 6.42 Å². The second-order valence-corrected chi connectivity index (χ2v) is 2.49. The zero-order valence-electron chi connectivity index (χ0n) is 6.65. The number of carbonyl (C=O) groups excluding carboxylic acids is 1. The van der Waals surface area contributed by atoms with E-state index in [0.717, 1.165) is 0 Å². The van der Waals surface area contributed by atoms with Gasteiger partial charge in [-0.05, 0) is 6.32 Å². The van der Waals surface area contributed by atoms with E-state index in [0.29, 0.717) is 6.32 Å². The topological polar surface area (TPSA) is 72.8 Å². The van der Waals surface area contributed by atoms with Crippen LogP contribution in [0.2, 0.25) is 6.32 Å². The van der Waals surface area contributed by atoms with Gasteiger partial charge in [-0.2, -0.15) is 0 Å². The molecule has 1 aliphatic heterocycles. The minimum Gasteiger partial charge on any atom is -0.509 e. The number of aliphatic carboxylic acids is 1. The average Bonchev–Trinajstić information content (AvgIpc) is 2.03. The highest BCUT2D eigenvalue weighted by Crippen LogP contribution is 2.13. The fraction of sp³-hybridized carbons (Fsp3) is 0.667. The van der Waals surface area contributed by atoms with Crippen LogP contribution in [0, 0.1) is 0 Å². The predicted octanol–water partition coefficient (Wildman–Crippen LogP) is -0.0888. The Labute approximate surface area is 69.8 Å². The maximum Gasteiger partial charge on any atom is 0.527 e. The first-order valence-electron chi connectivity index (χ1n) is 3.71. The number of rotatable bonds is 2. The Hall–Kier alpha value is -1.04. The van der Waals surface area contributed by atoms with Crippen molar-refractivity contribution in [3.8, 4) is 0 Å².